The molecule has 0 aliphatic carbocycles. The van der Waals surface area contributed by atoms with Gasteiger partial charge in [0, 0.05) is 49.1 Å². The summed E-state index contributed by atoms with van der Waals surface area (Å²) in [4.78, 5) is 32.4. The molecule has 0 bridgehead atoms. The molecule has 3 rings (SSSR count). The number of nitrogens with one attached hydrogen (secondary N) is 1. The van der Waals surface area contributed by atoms with E-state index in [1.165, 1.54) is 0 Å². The minimum absolute atomic E-state index is 0.0235. The highest BCUT2D eigenvalue weighted by Gasteiger charge is 2.09. The molecule has 1 amide bonds. The number of ketones is 1. The first-order chi connectivity index (χ1) is 12.7. The number of hydrogen-bond donors (Lipinski definition) is 1. The van der Waals surface area contributed by atoms with Gasteiger partial charge in [0.2, 0.25) is 5.91 Å². The molecular formula is C21H19N3O2. The summed E-state index contributed by atoms with van der Waals surface area (Å²) in [7, 11) is 0. The van der Waals surface area contributed by atoms with Crippen molar-refractivity contribution in [1.82, 2.24) is 15.3 Å². The van der Waals surface area contributed by atoms with Crippen LogP contribution in [0.2, 0.25) is 0 Å². The average molecular weight is 345 g/mol. The molecule has 0 aliphatic heterocycles. The van der Waals surface area contributed by atoms with Crippen LogP contribution in [0, 0.1) is 0 Å². The van der Waals surface area contributed by atoms with Crippen molar-refractivity contribution < 1.29 is 9.59 Å². The van der Waals surface area contributed by atoms with Gasteiger partial charge < -0.3 is 5.32 Å². The van der Waals surface area contributed by atoms with Crippen LogP contribution in [-0.4, -0.2) is 21.7 Å². The maximum absolute atomic E-state index is 12.0. The van der Waals surface area contributed by atoms with E-state index in [1.807, 2.05) is 42.5 Å². The lowest BCUT2D eigenvalue weighted by Crippen LogP contribution is -2.23. The quantitative estimate of drug-likeness (QED) is 0.666. The lowest BCUT2D eigenvalue weighted by Gasteiger charge is -2.07. The number of rotatable bonds is 7. The van der Waals surface area contributed by atoms with Crippen LogP contribution in [0.25, 0.3) is 11.3 Å². The van der Waals surface area contributed by atoms with E-state index in [-0.39, 0.29) is 24.5 Å². The van der Waals surface area contributed by atoms with Crippen molar-refractivity contribution in [3.8, 4) is 11.3 Å². The largest absolute Gasteiger partial charge is 0.352 e. The minimum Gasteiger partial charge on any atom is -0.352 e. The standard InChI is InChI=1S/C21H19N3O2/c25-20(18-4-2-1-3-5-18)6-7-21(26)24-15-16-8-13-23-19(14-16)17-9-11-22-12-10-17/h1-5,8-14H,6-7,15H2,(H,24,26). The van der Waals surface area contributed by atoms with Crippen LogP contribution in [0.4, 0.5) is 0 Å². The second-order valence-corrected chi connectivity index (χ2v) is 5.85. The molecule has 5 heteroatoms. The summed E-state index contributed by atoms with van der Waals surface area (Å²) < 4.78 is 0. The van der Waals surface area contributed by atoms with Gasteiger partial charge in [0.15, 0.2) is 5.78 Å². The Labute approximate surface area is 152 Å². The number of carbonyl (C=O) groups excluding carboxylic acids is 2. The number of pyridine rings is 2. The fraction of sp³-hybridized carbons (Fsp3) is 0.143. The van der Waals surface area contributed by atoms with Gasteiger partial charge in [-0.05, 0) is 29.8 Å². The molecule has 0 atom stereocenters. The van der Waals surface area contributed by atoms with Crippen molar-refractivity contribution in [1.29, 1.82) is 0 Å². The Kier molecular flexibility index (Phi) is 5.83. The average Bonchev–Trinajstić information content (AvgIpc) is 2.72. The number of Topliss-reactive ketones (excluding diaryl/α,β-unsaturated/α-hetero) is 1. The predicted molar refractivity (Wildman–Crippen MR) is 99.3 cm³/mol. The summed E-state index contributed by atoms with van der Waals surface area (Å²) in [5, 5.41) is 2.85. The molecule has 3 aromatic rings. The molecule has 1 N–H and O–H groups in total. The Morgan fingerprint density at radius 3 is 2.42 bits per heavy atom. The summed E-state index contributed by atoms with van der Waals surface area (Å²) in [5.74, 6) is -0.166. The second-order valence-electron chi connectivity index (χ2n) is 5.85. The molecule has 0 radical (unpaired) electrons. The van der Waals surface area contributed by atoms with E-state index in [0.717, 1.165) is 16.8 Å². The van der Waals surface area contributed by atoms with E-state index in [4.69, 9.17) is 0 Å². The Morgan fingerprint density at radius 2 is 1.65 bits per heavy atom. The molecule has 0 spiro atoms. The summed E-state index contributed by atoms with van der Waals surface area (Å²) in [6.45, 7) is 0.402. The molecule has 0 saturated heterocycles. The molecular weight excluding hydrogens is 326 g/mol. The summed E-state index contributed by atoms with van der Waals surface area (Å²) in [5.41, 5.74) is 3.39. The fourth-order valence-electron chi connectivity index (χ4n) is 2.55. The molecule has 0 saturated carbocycles. The third-order valence-electron chi connectivity index (χ3n) is 3.97. The van der Waals surface area contributed by atoms with Gasteiger partial charge in [-0.15, -0.1) is 0 Å². The van der Waals surface area contributed by atoms with Crippen LogP contribution >= 0.6 is 0 Å². The van der Waals surface area contributed by atoms with Crippen molar-refractivity contribution in [2.24, 2.45) is 0 Å². The number of carbonyl (C=O) groups is 2. The molecule has 1 aromatic carbocycles. The number of hydrogen-bond acceptors (Lipinski definition) is 4. The normalized spacial score (nSPS) is 10.3. The first-order valence-electron chi connectivity index (χ1n) is 8.42. The molecule has 0 unspecified atom stereocenters. The minimum atomic E-state index is -0.142. The van der Waals surface area contributed by atoms with Crippen molar-refractivity contribution in [2.45, 2.75) is 19.4 Å². The van der Waals surface area contributed by atoms with Crippen LogP contribution in [0.15, 0.2) is 73.2 Å². The SMILES string of the molecule is O=C(CCC(=O)c1ccccc1)NCc1ccnc(-c2ccncc2)c1. The molecule has 26 heavy (non-hydrogen) atoms. The van der Waals surface area contributed by atoms with Gasteiger partial charge in [-0.3, -0.25) is 19.6 Å². The third-order valence-corrected chi connectivity index (χ3v) is 3.97. The van der Waals surface area contributed by atoms with Gasteiger partial charge in [-0.1, -0.05) is 30.3 Å². The van der Waals surface area contributed by atoms with E-state index in [2.05, 4.69) is 15.3 Å². The maximum atomic E-state index is 12.0. The van der Waals surface area contributed by atoms with E-state index >= 15 is 0 Å². The van der Waals surface area contributed by atoms with Crippen LogP contribution in [-0.2, 0) is 11.3 Å². The monoisotopic (exact) mass is 345 g/mol. The summed E-state index contributed by atoms with van der Waals surface area (Å²) >= 11 is 0. The topological polar surface area (TPSA) is 72.0 Å². The van der Waals surface area contributed by atoms with Gasteiger partial charge in [0.25, 0.3) is 0 Å². The lowest BCUT2D eigenvalue weighted by atomic mass is 10.1. The summed E-state index contributed by atoms with van der Waals surface area (Å²) in [6.07, 6.45) is 5.53. The van der Waals surface area contributed by atoms with Gasteiger partial charge in [-0.25, -0.2) is 0 Å². The van der Waals surface area contributed by atoms with Crippen molar-refractivity contribution in [3.63, 3.8) is 0 Å². The van der Waals surface area contributed by atoms with E-state index < -0.39 is 0 Å². The first kappa shape index (κ1) is 17.5. The van der Waals surface area contributed by atoms with Gasteiger partial charge >= 0.3 is 0 Å². The lowest BCUT2D eigenvalue weighted by molar-refractivity contribution is -0.121. The van der Waals surface area contributed by atoms with Crippen LogP contribution < -0.4 is 5.32 Å². The molecule has 0 aliphatic rings. The number of nitrogens with zero attached hydrogens (tertiary/aromatic N) is 2. The van der Waals surface area contributed by atoms with Crippen molar-refractivity contribution in [2.75, 3.05) is 0 Å². The van der Waals surface area contributed by atoms with Crippen LogP contribution in [0.1, 0.15) is 28.8 Å². The van der Waals surface area contributed by atoms with Crippen LogP contribution in [0.3, 0.4) is 0 Å². The smallest absolute Gasteiger partial charge is 0.220 e. The molecule has 2 heterocycles. The number of benzene rings is 1. The second kappa shape index (κ2) is 8.67. The molecule has 0 fully saturated rings. The Morgan fingerprint density at radius 1 is 0.885 bits per heavy atom. The first-order valence-corrected chi connectivity index (χ1v) is 8.42. The number of aromatic nitrogens is 2. The summed E-state index contributed by atoms with van der Waals surface area (Å²) in [6, 6.07) is 16.6. The van der Waals surface area contributed by atoms with Gasteiger partial charge in [0.1, 0.15) is 0 Å². The Balaban J connectivity index is 1.51. The predicted octanol–water partition coefficient (Wildman–Crippen LogP) is 3.42. The Bertz CT molecular complexity index is 880. The zero-order valence-corrected chi connectivity index (χ0v) is 14.3. The third kappa shape index (κ3) is 4.83. The van der Waals surface area contributed by atoms with Gasteiger partial charge in [-0.2, -0.15) is 0 Å². The molecule has 5 nitrogen and oxygen atoms in total. The fourth-order valence-corrected chi connectivity index (χ4v) is 2.55. The maximum Gasteiger partial charge on any atom is 0.220 e. The van der Waals surface area contributed by atoms with Gasteiger partial charge in [0.05, 0.1) is 5.69 Å². The van der Waals surface area contributed by atoms with E-state index in [0.29, 0.717) is 12.1 Å². The highest BCUT2D eigenvalue weighted by atomic mass is 16.2. The molecule has 130 valence electrons. The van der Waals surface area contributed by atoms with E-state index in [9.17, 15) is 9.59 Å². The highest BCUT2D eigenvalue weighted by Crippen LogP contribution is 2.16. The number of amides is 1. The van der Waals surface area contributed by atoms with Crippen molar-refractivity contribution in [3.05, 3.63) is 84.3 Å². The van der Waals surface area contributed by atoms with Crippen molar-refractivity contribution >= 4 is 11.7 Å². The van der Waals surface area contributed by atoms with Crippen LogP contribution in [0.5, 0.6) is 0 Å². The zero-order chi connectivity index (χ0) is 18.2. The zero-order valence-electron chi connectivity index (χ0n) is 14.3. The molecule has 2 aromatic heterocycles. The van der Waals surface area contributed by atoms with E-state index in [1.54, 1.807) is 30.7 Å². The Hall–Kier alpha value is -3.34. The highest BCUT2D eigenvalue weighted by molar-refractivity contribution is 5.97.